The van der Waals surface area contributed by atoms with Crippen LogP contribution in [0.4, 0.5) is 0 Å². The van der Waals surface area contributed by atoms with Crippen molar-refractivity contribution in [3.05, 3.63) is 37.7 Å². The van der Waals surface area contributed by atoms with Gasteiger partial charge in [0.2, 0.25) is 5.91 Å². The van der Waals surface area contributed by atoms with Crippen molar-refractivity contribution >= 4 is 16.9 Å². The first-order chi connectivity index (χ1) is 11.7. The molecule has 0 aromatic carbocycles. The van der Waals surface area contributed by atoms with Gasteiger partial charge in [-0.15, -0.1) is 0 Å². The molecule has 0 saturated heterocycles. The molecular weight excluding hydrogens is 320 g/mol. The van der Waals surface area contributed by atoms with Gasteiger partial charge in [-0.3, -0.25) is 18.7 Å². The molecule has 0 aliphatic rings. The molecule has 2 rings (SSSR count). The first-order valence-electron chi connectivity index (χ1n) is 8.54. The molecule has 7 nitrogen and oxygen atoms in total. The second-order valence-electron chi connectivity index (χ2n) is 6.58. The Morgan fingerprint density at radius 2 is 1.84 bits per heavy atom. The lowest BCUT2D eigenvalue weighted by Gasteiger charge is -2.15. The van der Waals surface area contributed by atoms with Gasteiger partial charge in [-0.2, -0.15) is 0 Å². The van der Waals surface area contributed by atoms with Crippen LogP contribution in [0.3, 0.4) is 0 Å². The van der Waals surface area contributed by atoms with Crippen molar-refractivity contribution in [2.45, 2.75) is 53.0 Å². The number of aryl methyl sites for hydroxylation is 3. The first-order valence-corrected chi connectivity index (χ1v) is 8.54. The zero-order chi connectivity index (χ0) is 18.9. The molecule has 0 aliphatic carbocycles. The summed E-state index contributed by atoms with van der Waals surface area (Å²) in [6.45, 7) is 7.68. The van der Waals surface area contributed by atoms with E-state index in [0.29, 0.717) is 23.9 Å². The van der Waals surface area contributed by atoms with Crippen molar-refractivity contribution in [3.8, 4) is 0 Å². The monoisotopic (exact) mass is 346 g/mol. The summed E-state index contributed by atoms with van der Waals surface area (Å²) in [6.07, 6.45) is 1.73. The summed E-state index contributed by atoms with van der Waals surface area (Å²) < 4.78 is 2.47. The molecule has 0 bridgehead atoms. The molecule has 136 valence electrons. The second-order valence-corrected chi connectivity index (χ2v) is 6.58. The molecule has 2 heterocycles. The van der Waals surface area contributed by atoms with Gasteiger partial charge in [-0.05, 0) is 44.7 Å². The maximum atomic E-state index is 12.5. The van der Waals surface area contributed by atoms with Crippen LogP contribution >= 0.6 is 0 Å². The third-order valence-electron chi connectivity index (χ3n) is 4.79. The minimum Gasteiger partial charge on any atom is -0.354 e. The van der Waals surface area contributed by atoms with Crippen molar-refractivity contribution in [1.82, 2.24) is 19.4 Å². The number of hydrogen-bond acceptors (Lipinski definition) is 4. The Bertz CT molecular complexity index is 940. The van der Waals surface area contributed by atoms with Gasteiger partial charge in [-0.1, -0.05) is 6.92 Å². The SMILES string of the molecule is CC[C@H](C)NC(=O)CCc1c(C)nc2c(c1C)c(=O)n(C)c(=O)n2C. The molecule has 0 saturated carbocycles. The molecule has 0 unspecified atom stereocenters. The van der Waals surface area contributed by atoms with Crippen molar-refractivity contribution in [2.24, 2.45) is 14.1 Å². The molecule has 0 radical (unpaired) electrons. The van der Waals surface area contributed by atoms with Crippen molar-refractivity contribution in [1.29, 1.82) is 0 Å². The van der Waals surface area contributed by atoms with Gasteiger partial charge in [0.25, 0.3) is 5.56 Å². The quantitative estimate of drug-likeness (QED) is 0.878. The third kappa shape index (κ3) is 3.50. The number of aromatic nitrogens is 3. The number of carbonyl (C=O) groups excluding carboxylic acids is 1. The Hall–Kier alpha value is -2.44. The fourth-order valence-corrected chi connectivity index (χ4v) is 3.00. The van der Waals surface area contributed by atoms with Gasteiger partial charge >= 0.3 is 5.69 Å². The number of nitrogens with one attached hydrogen (secondary N) is 1. The molecule has 1 N–H and O–H groups in total. The number of hydrogen-bond donors (Lipinski definition) is 1. The maximum Gasteiger partial charge on any atom is 0.332 e. The molecule has 1 amide bonds. The summed E-state index contributed by atoms with van der Waals surface area (Å²) >= 11 is 0. The predicted molar refractivity (Wildman–Crippen MR) is 97.9 cm³/mol. The van der Waals surface area contributed by atoms with E-state index in [1.807, 2.05) is 27.7 Å². The first kappa shape index (κ1) is 18.9. The molecule has 25 heavy (non-hydrogen) atoms. The smallest absolute Gasteiger partial charge is 0.332 e. The van der Waals surface area contributed by atoms with E-state index in [-0.39, 0.29) is 17.5 Å². The number of fused-ring (bicyclic) bond motifs is 1. The van der Waals surface area contributed by atoms with Gasteiger partial charge in [-0.25, -0.2) is 9.78 Å². The van der Waals surface area contributed by atoms with Crippen LogP contribution in [-0.4, -0.2) is 26.1 Å². The van der Waals surface area contributed by atoms with Crippen LogP contribution in [0.25, 0.3) is 11.0 Å². The maximum absolute atomic E-state index is 12.5. The molecule has 0 spiro atoms. The summed E-state index contributed by atoms with van der Waals surface area (Å²) in [5.41, 5.74) is 2.05. The van der Waals surface area contributed by atoms with Gasteiger partial charge in [0.1, 0.15) is 5.65 Å². The van der Waals surface area contributed by atoms with Gasteiger partial charge in [0, 0.05) is 32.3 Å². The predicted octanol–water partition coefficient (Wildman–Crippen LogP) is 1.10. The minimum atomic E-state index is -0.399. The lowest BCUT2D eigenvalue weighted by atomic mass is 9.99. The van der Waals surface area contributed by atoms with Crippen molar-refractivity contribution in [3.63, 3.8) is 0 Å². The molecular formula is C18H26N4O3. The summed E-state index contributed by atoms with van der Waals surface area (Å²) in [5.74, 6) is -0.0124. The van der Waals surface area contributed by atoms with E-state index in [2.05, 4.69) is 10.3 Å². The summed E-state index contributed by atoms with van der Waals surface area (Å²) in [4.78, 5) is 41.1. The average molecular weight is 346 g/mol. The van der Waals surface area contributed by atoms with E-state index < -0.39 is 5.69 Å². The average Bonchev–Trinajstić information content (AvgIpc) is 2.57. The van der Waals surface area contributed by atoms with E-state index in [9.17, 15) is 14.4 Å². The van der Waals surface area contributed by atoms with Gasteiger partial charge in [0.05, 0.1) is 5.39 Å². The number of rotatable bonds is 5. The zero-order valence-electron chi connectivity index (χ0n) is 15.8. The number of carbonyl (C=O) groups is 1. The summed E-state index contributed by atoms with van der Waals surface area (Å²) in [5, 5.41) is 3.38. The fraction of sp³-hybridized carbons (Fsp3) is 0.556. The number of amides is 1. The van der Waals surface area contributed by atoms with Gasteiger partial charge < -0.3 is 5.32 Å². The second kappa shape index (κ2) is 7.21. The Morgan fingerprint density at radius 1 is 1.20 bits per heavy atom. The highest BCUT2D eigenvalue weighted by atomic mass is 16.2. The Balaban J connectivity index is 2.48. The van der Waals surface area contributed by atoms with Crippen LogP contribution in [-0.2, 0) is 25.3 Å². The molecule has 7 heteroatoms. The third-order valence-corrected chi connectivity index (χ3v) is 4.79. The standard InChI is InChI=1S/C18H26N4O3/c1-7-10(2)19-14(23)9-8-13-11(3)15-16(20-12(13)4)21(5)18(25)22(6)17(15)24/h10H,7-9H2,1-6H3,(H,19,23)/t10-/m0/s1. The van der Waals surface area contributed by atoms with Crippen LogP contribution in [0.1, 0.15) is 43.5 Å². The molecule has 2 aromatic rings. The Labute approximate surface area is 146 Å². The van der Waals surface area contributed by atoms with E-state index in [1.165, 1.54) is 11.6 Å². The van der Waals surface area contributed by atoms with E-state index in [0.717, 1.165) is 27.8 Å². The van der Waals surface area contributed by atoms with Crippen molar-refractivity contribution in [2.75, 3.05) is 0 Å². The van der Waals surface area contributed by atoms with Crippen molar-refractivity contribution < 1.29 is 4.79 Å². The fourth-order valence-electron chi connectivity index (χ4n) is 3.00. The van der Waals surface area contributed by atoms with Crippen LogP contribution in [0.15, 0.2) is 9.59 Å². The molecule has 0 fully saturated rings. The van der Waals surface area contributed by atoms with Crippen LogP contribution in [0.5, 0.6) is 0 Å². The normalized spacial score (nSPS) is 12.4. The molecule has 0 aliphatic heterocycles. The molecule has 2 aromatic heterocycles. The van der Waals surface area contributed by atoms with Gasteiger partial charge in [0.15, 0.2) is 0 Å². The van der Waals surface area contributed by atoms with E-state index in [1.54, 1.807) is 7.05 Å². The largest absolute Gasteiger partial charge is 0.354 e. The van der Waals surface area contributed by atoms with Crippen LogP contribution in [0, 0.1) is 13.8 Å². The number of nitrogens with zero attached hydrogens (tertiary/aromatic N) is 3. The highest BCUT2D eigenvalue weighted by Crippen LogP contribution is 2.20. The van der Waals surface area contributed by atoms with Crippen LogP contribution in [0.2, 0.25) is 0 Å². The minimum absolute atomic E-state index is 0.0124. The zero-order valence-corrected chi connectivity index (χ0v) is 15.8. The highest BCUT2D eigenvalue weighted by Gasteiger charge is 2.17. The summed E-state index contributed by atoms with van der Waals surface area (Å²) in [6, 6.07) is 0.145. The summed E-state index contributed by atoms with van der Waals surface area (Å²) in [7, 11) is 3.07. The lowest BCUT2D eigenvalue weighted by molar-refractivity contribution is -0.121. The number of pyridine rings is 1. The lowest BCUT2D eigenvalue weighted by Crippen LogP contribution is -2.38. The van der Waals surface area contributed by atoms with Crippen LogP contribution < -0.4 is 16.6 Å². The molecule has 1 atom stereocenters. The van der Waals surface area contributed by atoms with E-state index >= 15 is 0 Å². The Morgan fingerprint density at radius 3 is 2.44 bits per heavy atom. The highest BCUT2D eigenvalue weighted by molar-refractivity contribution is 5.80. The topological polar surface area (TPSA) is 86.0 Å². The Kier molecular flexibility index (Phi) is 5.45. The van der Waals surface area contributed by atoms with E-state index in [4.69, 9.17) is 0 Å².